The second kappa shape index (κ2) is 4.00. The molecule has 0 radical (unpaired) electrons. The predicted octanol–water partition coefficient (Wildman–Crippen LogP) is 4.19. The molecule has 0 unspecified atom stereocenters. The van der Waals surface area contributed by atoms with E-state index in [1.165, 1.54) is 6.07 Å². The van der Waals surface area contributed by atoms with Crippen LogP contribution in [0, 0.1) is 6.92 Å². The van der Waals surface area contributed by atoms with Gasteiger partial charge in [-0.2, -0.15) is 0 Å². The van der Waals surface area contributed by atoms with Crippen LogP contribution in [0.25, 0.3) is 0 Å². The van der Waals surface area contributed by atoms with E-state index < -0.39 is 6.36 Å². The van der Waals surface area contributed by atoms with E-state index in [4.69, 9.17) is 0 Å². The Morgan fingerprint density at radius 3 is 2.00 bits per heavy atom. The number of hydrogen-bond acceptors (Lipinski definition) is 1. The lowest BCUT2D eigenvalue weighted by atomic mass is 9.86. The zero-order valence-corrected chi connectivity index (χ0v) is 9.77. The molecule has 0 bridgehead atoms. The van der Waals surface area contributed by atoms with Gasteiger partial charge in [-0.05, 0) is 29.5 Å². The molecule has 0 aliphatic rings. The Morgan fingerprint density at radius 1 is 1.06 bits per heavy atom. The first kappa shape index (κ1) is 12.9. The van der Waals surface area contributed by atoms with Crippen LogP contribution in [-0.2, 0) is 5.41 Å². The van der Waals surface area contributed by atoms with Crippen molar-refractivity contribution in [1.82, 2.24) is 0 Å². The molecule has 0 fully saturated rings. The molecule has 0 spiro atoms. The first-order chi connectivity index (χ1) is 7.09. The van der Waals surface area contributed by atoms with Crippen LogP contribution in [0.5, 0.6) is 5.75 Å². The fraction of sp³-hybridized carbons (Fsp3) is 0.500. The minimum Gasteiger partial charge on any atom is -0.406 e. The molecule has 0 aliphatic heterocycles. The van der Waals surface area contributed by atoms with E-state index in [2.05, 4.69) is 4.74 Å². The summed E-state index contributed by atoms with van der Waals surface area (Å²) in [5.74, 6) is -0.138. The van der Waals surface area contributed by atoms with Crippen molar-refractivity contribution in [1.29, 1.82) is 0 Å². The van der Waals surface area contributed by atoms with Gasteiger partial charge in [0, 0.05) is 0 Å². The molecule has 0 heterocycles. The first-order valence-corrected chi connectivity index (χ1v) is 4.96. The van der Waals surface area contributed by atoms with Crippen molar-refractivity contribution in [2.45, 2.75) is 39.5 Å². The summed E-state index contributed by atoms with van der Waals surface area (Å²) in [6, 6.07) is 4.75. The topological polar surface area (TPSA) is 9.23 Å². The largest absolute Gasteiger partial charge is 0.573 e. The molecule has 1 nitrogen and oxygen atoms in total. The molecule has 1 aromatic carbocycles. The minimum atomic E-state index is -4.63. The van der Waals surface area contributed by atoms with Crippen LogP contribution in [0.15, 0.2) is 18.2 Å². The highest BCUT2D eigenvalue weighted by Crippen LogP contribution is 2.30. The second-order valence-corrected chi connectivity index (χ2v) is 4.78. The molecule has 0 saturated heterocycles. The van der Waals surface area contributed by atoms with Crippen molar-refractivity contribution in [2.24, 2.45) is 0 Å². The van der Waals surface area contributed by atoms with Crippen LogP contribution in [0.2, 0.25) is 0 Å². The Labute approximate surface area is 93.2 Å². The van der Waals surface area contributed by atoms with Crippen molar-refractivity contribution in [3.63, 3.8) is 0 Å². The van der Waals surface area contributed by atoms with Gasteiger partial charge in [-0.15, -0.1) is 13.2 Å². The average Bonchev–Trinajstić information content (AvgIpc) is 2.04. The predicted molar refractivity (Wildman–Crippen MR) is 56.6 cm³/mol. The molecule has 16 heavy (non-hydrogen) atoms. The van der Waals surface area contributed by atoms with Crippen molar-refractivity contribution < 1.29 is 17.9 Å². The summed E-state index contributed by atoms with van der Waals surface area (Å²) in [6.07, 6.45) is -4.63. The van der Waals surface area contributed by atoms with Crippen LogP contribution in [0.1, 0.15) is 31.9 Å². The van der Waals surface area contributed by atoms with Gasteiger partial charge in [0.2, 0.25) is 0 Å². The third-order valence-corrected chi connectivity index (χ3v) is 2.27. The zero-order valence-electron chi connectivity index (χ0n) is 9.77. The quantitative estimate of drug-likeness (QED) is 0.705. The Kier molecular flexibility index (Phi) is 3.22. The fourth-order valence-electron chi connectivity index (χ4n) is 1.36. The number of benzene rings is 1. The highest BCUT2D eigenvalue weighted by Gasteiger charge is 2.31. The van der Waals surface area contributed by atoms with Gasteiger partial charge in [-0.25, -0.2) is 0 Å². The van der Waals surface area contributed by atoms with Crippen LogP contribution in [0.4, 0.5) is 13.2 Å². The van der Waals surface area contributed by atoms with Gasteiger partial charge in [0.25, 0.3) is 0 Å². The van der Waals surface area contributed by atoms with E-state index in [1.54, 1.807) is 19.1 Å². The lowest BCUT2D eigenvalue weighted by Gasteiger charge is -2.20. The standard InChI is InChI=1S/C12H15F3O/c1-8-7-9(11(2,3)4)5-6-10(8)16-12(13,14)15/h5-7H,1-4H3. The van der Waals surface area contributed by atoms with E-state index in [1.807, 2.05) is 20.8 Å². The molecule has 0 aliphatic carbocycles. The van der Waals surface area contributed by atoms with E-state index in [0.29, 0.717) is 5.56 Å². The normalized spacial score (nSPS) is 12.7. The van der Waals surface area contributed by atoms with Gasteiger partial charge in [-0.3, -0.25) is 0 Å². The van der Waals surface area contributed by atoms with Gasteiger partial charge < -0.3 is 4.74 Å². The summed E-state index contributed by atoms with van der Waals surface area (Å²) < 4.78 is 40.0. The van der Waals surface area contributed by atoms with Crippen LogP contribution in [-0.4, -0.2) is 6.36 Å². The molecule has 90 valence electrons. The monoisotopic (exact) mass is 232 g/mol. The Balaban J connectivity index is 3.01. The lowest BCUT2D eigenvalue weighted by molar-refractivity contribution is -0.274. The average molecular weight is 232 g/mol. The van der Waals surface area contributed by atoms with Crippen LogP contribution in [0.3, 0.4) is 0 Å². The Hall–Kier alpha value is -1.19. The van der Waals surface area contributed by atoms with Crippen LogP contribution >= 0.6 is 0 Å². The van der Waals surface area contributed by atoms with Crippen molar-refractivity contribution in [3.8, 4) is 5.75 Å². The van der Waals surface area contributed by atoms with Crippen molar-refractivity contribution in [2.75, 3.05) is 0 Å². The van der Waals surface area contributed by atoms with Crippen LogP contribution < -0.4 is 4.74 Å². The number of halogens is 3. The summed E-state index contributed by atoms with van der Waals surface area (Å²) in [6.45, 7) is 7.63. The van der Waals surface area contributed by atoms with Crippen molar-refractivity contribution >= 4 is 0 Å². The Bertz CT molecular complexity index is 375. The van der Waals surface area contributed by atoms with E-state index in [0.717, 1.165) is 5.56 Å². The van der Waals surface area contributed by atoms with E-state index >= 15 is 0 Å². The number of aryl methyl sites for hydroxylation is 1. The van der Waals surface area contributed by atoms with Gasteiger partial charge in [0.15, 0.2) is 0 Å². The molecule has 0 atom stereocenters. The molecule has 0 aromatic heterocycles. The maximum absolute atomic E-state index is 12.0. The summed E-state index contributed by atoms with van der Waals surface area (Å²) >= 11 is 0. The summed E-state index contributed by atoms with van der Waals surface area (Å²) in [7, 11) is 0. The summed E-state index contributed by atoms with van der Waals surface area (Å²) in [4.78, 5) is 0. The van der Waals surface area contributed by atoms with Gasteiger partial charge in [0.05, 0.1) is 0 Å². The Morgan fingerprint density at radius 2 is 1.62 bits per heavy atom. The molecule has 0 amide bonds. The fourth-order valence-corrected chi connectivity index (χ4v) is 1.36. The van der Waals surface area contributed by atoms with Gasteiger partial charge in [-0.1, -0.05) is 32.9 Å². The highest BCUT2D eigenvalue weighted by atomic mass is 19.4. The number of rotatable bonds is 1. The maximum Gasteiger partial charge on any atom is 0.573 e. The number of ether oxygens (including phenoxy) is 1. The number of alkyl halides is 3. The van der Waals surface area contributed by atoms with E-state index in [-0.39, 0.29) is 11.2 Å². The molecular formula is C12H15F3O. The molecule has 1 rings (SSSR count). The summed E-state index contributed by atoms with van der Waals surface area (Å²) in [5.41, 5.74) is 1.39. The molecule has 4 heteroatoms. The first-order valence-electron chi connectivity index (χ1n) is 4.96. The zero-order chi connectivity index (χ0) is 12.6. The number of hydrogen-bond donors (Lipinski definition) is 0. The lowest BCUT2D eigenvalue weighted by Crippen LogP contribution is -2.18. The highest BCUT2D eigenvalue weighted by molar-refractivity contribution is 5.38. The van der Waals surface area contributed by atoms with E-state index in [9.17, 15) is 13.2 Å². The second-order valence-electron chi connectivity index (χ2n) is 4.78. The van der Waals surface area contributed by atoms with Gasteiger partial charge in [0.1, 0.15) is 5.75 Å². The SMILES string of the molecule is Cc1cc(C(C)(C)C)ccc1OC(F)(F)F. The maximum atomic E-state index is 12.0. The molecule has 0 saturated carbocycles. The smallest absolute Gasteiger partial charge is 0.406 e. The molecular weight excluding hydrogens is 217 g/mol. The minimum absolute atomic E-state index is 0.0818. The third-order valence-electron chi connectivity index (χ3n) is 2.27. The molecule has 0 N–H and O–H groups in total. The summed E-state index contributed by atoms with van der Waals surface area (Å²) in [5, 5.41) is 0. The van der Waals surface area contributed by atoms with Crippen molar-refractivity contribution in [3.05, 3.63) is 29.3 Å². The van der Waals surface area contributed by atoms with Gasteiger partial charge >= 0.3 is 6.36 Å². The molecule has 1 aromatic rings. The third kappa shape index (κ3) is 3.43.